The second-order valence-corrected chi connectivity index (χ2v) is 8.26. The molecule has 4 rings (SSSR count). The zero-order chi connectivity index (χ0) is 15.8. The number of hydrogen-bond acceptors (Lipinski definition) is 2. The van der Waals surface area contributed by atoms with E-state index in [1.165, 1.54) is 38.5 Å². The summed E-state index contributed by atoms with van der Waals surface area (Å²) in [6.07, 6.45) is 10.0. The molecule has 2 unspecified atom stereocenters. The molecular weight excluding hydrogens is 274 g/mol. The average Bonchev–Trinajstić information content (AvgIpc) is 2.43. The molecule has 4 fully saturated rings. The lowest BCUT2D eigenvalue weighted by Crippen LogP contribution is -2.52. The van der Waals surface area contributed by atoms with Crippen LogP contribution in [0.15, 0.2) is 12.2 Å². The molecule has 0 N–H and O–H groups in total. The minimum absolute atomic E-state index is 0.257. The molecule has 2 atom stereocenters. The summed E-state index contributed by atoms with van der Waals surface area (Å²) in [7, 11) is 0. The zero-order valence-corrected chi connectivity index (χ0v) is 13.7. The van der Waals surface area contributed by atoms with Gasteiger partial charge in [-0.2, -0.15) is 0 Å². The Morgan fingerprint density at radius 2 is 1.82 bits per heavy atom. The van der Waals surface area contributed by atoms with Gasteiger partial charge in [-0.15, -0.1) is 0 Å². The van der Waals surface area contributed by atoms with Crippen LogP contribution < -0.4 is 0 Å². The number of esters is 1. The topological polar surface area (TPSA) is 30.7 Å². The molecule has 4 aliphatic carbocycles. The van der Waals surface area contributed by atoms with Gasteiger partial charge in [0.25, 0.3) is 0 Å². The maximum atomic E-state index is 11.6. The maximum absolute atomic E-state index is 11.6. The van der Waals surface area contributed by atoms with Crippen LogP contribution in [-0.4, -0.2) is 19.1 Å². The van der Waals surface area contributed by atoms with Crippen molar-refractivity contribution >= 4 is 5.97 Å². The lowest BCUT2D eigenvalue weighted by atomic mass is 9.43. The van der Waals surface area contributed by atoms with Crippen LogP contribution in [0.3, 0.4) is 0 Å². The first-order chi connectivity index (χ1) is 10.5. The van der Waals surface area contributed by atoms with Crippen molar-refractivity contribution in [1.29, 1.82) is 0 Å². The van der Waals surface area contributed by atoms with E-state index in [0.29, 0.717) is 29.6 Å². The summed E-state index contributed by atoms with van der Waals surface area (Å²) >= 11 is 0. The van der Waals surface area contributed by atoms with Gasteiger partial charge in [0.15, 0.2) is 0 Å². The second-order valence-electron chi connectivity index (χ2n) is 8.26. The summed E-state index contributed by atoms with van der Waals surface area (Å²) in [5, 5.41) is 0. The third-order valence-corrected chi connectivity index (χ3v) is 6.27. The lowest BCUT2D eigenvalue weighted by Gasteiger charge is -2.62. The van der Waals surface area contributed by atoms with Gasteiger partial charge in [-0.3, -0.25) is 0 Å². The fraction of sp³-hybridized carbons (Fsp3) is 0.789. The summed E-state index contributed by atoms with van der Waals surface area (Å²) in [6.45, 7) is 13.7. The van der Waals surface area contributed by atoms with Crippen LogP contribution in [0, 0.1) is 29.2 Å². The van der Waals surface area contributed by atoms with Crippen molar-refractivity contribution < 1.29 is 9.53 Å². The number of carbonyl (C=O) groups is 1. The number of hydrogen-bond donors (Lipinski definition) is 0. The average molecular weight is 301 g/mol. The highest BCUT2D eigenvalue weighted by Crippen LogP contribution is 2.67. The van der Waals surface area contributed by atoms with Gasteiger partial charge in [-0.1, -0.05) is 6.58 Å². The van der Waals surface area contributed by atoms with Gasteiger partial charge >= 0.3 is 5.97 Å². The Hall–Kier alpha value is -1.30. The van der Waals surface area contributed by atoms with E-state index < -0.39 is 0 Å². The molecule has 0 saturated heterocycles. The number of ether oxygens (including phenoxy) is 1. The maximum Gasteiger partial charge on any atom is 0.333 e. The third kappa shape index (κ3) is 2.93. The van der Waals surface area contributed by atoms with Gasteiger partial charge in [0.1, 0.15) is 0 Å². The first-order valence-corrected chi connectivity index (χ1v) is 8.62. The first-order valence-electron chi connectivity index (χ1n) is 8.62. The molecule has 4 saturated carbocycles. The van der Waals surface area contributed by atoms with Crippen molar-refractivity contribution in [2.24, 2.45) is 22.7 Å². The molecule has 0 radical (unpaired) electrons. The highest BCUT2D eigenvalue weighted by atomic mass is 16.5. The summed E-state index contributed by atoms with van der Waals surface area (Å²) in [5.41, 5.74) is 1.29. The Balaban J connectivity index is 1.65. The Bertz CT molecular complexity index is 502. The molecule has 22 heavy (non-hydrogen) atoms. The molecular formula is C19H27NO2. The van der Waals surface area contributed by atoms with E-state index in [9.17, 15) is 4.79 Å². The van der Waals surface area contributed by atoms with Crippen molar-refractivity contribution in [3.05, 3.63) is 23.6 Å². The van der Waals surface area contributed by atoms with Crippen LogP contribution in [0.4, 0.5) is 0 Å². The van der Waals surface area contributed by atoms with E-state index in [-0.39, 0.29) is 5.97 Å². The predicted molar refractivity (Wildman–Crippen MR) is 86.0 cm³/mol. The molecule has 0 spiro atoms. The van der Waals surface area contributed by atoms with Crippen molar-refractivity contribution in [1.82, 2.24) is 0 Å². The highest BCUT2D eigenvalue weighted by molar-refractivity contribution is 5.86. The number of rotatable bonds is 6. The van der Waals surface area contributed by atoms with Gasteiger partial charge < -0.3 is 9.58 Å². The lowest BCUT2D eigenvalue weighted by molar-refractivity contribution is -0.145. The fourth-order valence-corrected chi connectivity index (χ4v) is 6.01. The molecule has 0 aliphatic heterocycles. The SMILES string of the molecule is [C-]#[N+]CCC12CC3CC(C1)CC(CCOC(=O)C(=C)C)(C3)C2. The van der Waals surface area contributed by atoms with E-state index in [4.69, 9.17) is 11.3 Å². The van der Waals surface area contributed by atoms with Gasteiger partial charge in [0.2, 0.25) is 6.54 Å². The van der Waals surface area contributed by atoms with E-state index in [1.807, 2.05) is 0 Å². The molecule has 0 aromatic heterocycles. The smallest absolute Gasteiger partial charge is 0.333 e. The minimum atomic E-state index is -0.257. The fourth-order valence-electron chi connectivity index (χ4n) is 6.01. The number of nitrogens with zero attached hydrogens (tertiary/aromatic N) is 1. The Labute approximate surface area is 133 Å². The largest absolute Gasteiger partial charge is 0.462 e. The van der Waals surface area contributed by atoms with Gasteiger partial charge in [-0.25, -0.2) is 11.4 Å². The Morgan fingerprint density at radius 3 is 2.36 bits per heavy atom. The standard InChI is InChI=1S/C19H27NO2/c1-14(2)17(21)22-7-5-19-11-15-8-16(12-19)10-18(9-15,13-19)4-6-20-3/h15-16H,1,4-13H2,2H3. The van der Waals surface area contributed by atoms with Crippen molar-refractivity contribution in [2.75, 3.05) is 13.2 Å². The van der Waals surface area contributed by atoms with Crippen LogP contribution >= 0.6 is 0 Å². The van der Waals surface area contributed by atoms with Gasteiger partial charge in [0, 0.05) is 12.0 Å². The Morgan fingerprint density at radius 1 is 1.23 bits per heavy atom. The summed E-state index contributed by atoms with van der Waals surface area (Å²) in [4.78, 5) is 15.2. The minimum Gasteiger partial charge on any atom is -0.462 e. The van der Waals surface area contributed by atoms with Crippen molar-refractivity contribution in [3.8, 4) is 0 Å². The third-order valence-electron chi connectivity index (χ3n) is 6.27. The molecule has 4 aliphatic rings. The van der Waals surface area contributed by atoms with Crippen LogP contribution in [0.25, 0.3) is 4.85 Å². The monoisotopic (exact) mass is 301 g/mol. The summed E-state index contributed by atoms with van der Waals surface area (Å²) < 4.78 is 5.37. The van der Waals surface area contributed by atoms with Gasteiger partial charge in [0.05, 0.1) is 6.61 Å². The second kappa shape index (κ2) is 5.72. The Kier molecular flexibility index (Phi) is 4.05. The van der Waals surface area contributed by atoms with Crippen LogP contribution in [0.2, 0.25) is 0 Å². The van der Waals surface area contributed by atoms with E-state index in [0.717, 1.165) is 24.7 Å². The zero-order valence-electron chi connectivity index (χ0n) is 13.7. The van der Waals surface area contributed by atoms with Crippen molar-refractivity contribution in [3.63, 3.8) is 0 Å². The van der Waals surface area contributed by atoms with E-state index in [1.54, 1.807) is 6.92 Å². The predicted octanol–water partition coefficient (Wildman–Crippen LogP) is 4.39. The summed E-state index contributed by atoms with van der Waals surface area (Å²) in [6, 6.07) is 0. The van der Waals surface area contributed by atoms with Crippen LogP contribution in [0.5, 0.6) is 0 Å². The van der Waals surface area contributed by atoms with Crippen LogP contribution in [0.1, 0.15) is 58.3 Å². The molecule has 3 heteroatoms. The molecule has 0 heterocycles. The quantitative estimate of drug-likeness (QED) is 0.414. The van der Waals surface area contributed by atoms with E-state index >= 15 is 0 Å². The summed E-state index contributed by atoms with van der Waals surface area (Å²) in [5.74, 6) is 1.44. The highest BCUT2D eigenvalue weighted by Gasteiger charge is 2.57. The molecule has 120 valence electrons. The molecule has 0 amide bonds. The van der Waals surface area contributed by atoms with E-state index in [2.05, 4.69) is 11.4 Å². The van der Waals surface area contributed by atoms with Crippen molar-refractivity contribution in [2.45, 2.75) is 58.3 Å². The molecule has 4 bridgehead atoms. The number of carbonyl (C=O) groups excluding carboxylic acids is 1. The van der Waals surface area contributed by atoms with Gasteiger partial charge in [-0.05, 0) is 74.5 Å². The first kappa shape index (κ1) is 15.6. The molecule has 0 aromatic rings. The molecule has 3 nitrogen and oxygen atoms in total. The molecule has 0 aromatic carbocycles. The normalized spacial score (nSPS) is 38.5. The van der Waals surface area contributed by atoms with Crippen LogP contribution in [-0.2, 0) is 9.53 Å².